The van der Waals surface area contributed by atoms with Crippen molar-refractivity contribution in [2.24, 2.45) is 47.3 Å². The lowest BCUT2D eigenvalue weighted by molar-refractivity contribution is -0.166. The molecule has 4 amide bonds. The molecule has 4 heterocycles. The number of hydrogen-bond donors (Lipinski definition) is 0. The molecule has 6 fully saturated rings. The van der Waals surface area contributed by atoms with Crippen molar-refractivity contribution in [2.75, 3.05) is 62.5 Å². The van der Waals surface area contributed by atoms with Crippen molar-refractivity contribution in [1.29, 1.82) is 0 Å². The fraction of sp³-hybridized carbons (Fsp3) is 0.750. The zero-order chi connectivity index (χ0) is 23.1. The third kappa shape index (κ3) is 2.94. The molecule has 8 rings (SSSR count). The van der Waals surface area contributed by atoms with Crippen molar-refractivity contribution < 1.29 is 19.2 Å². The van der Waals surface area contributed by atoms with Crippen molar-refractivity contribution in [2.45, 2.75) is 0 Å². The maximum Gasteiger partial charge on any atom is 0.234 e. The summed E-state index contributed by atoms with van der Waals surface area (Å²) < 4.78 is 0. The van der Waals surface area contributed by atoms with Crippen LogP contribution in [0.25, 0.3) is 0 Å². The molecular formula is C24H30N4O4S2. The van der Waals surface area contributed by atoms with Gasteiger partial charge in [0.05, 0.1) is 37.0 Å². The van der Waals surface area contributed by atoms with E-state index in [0.29, 0.717) is 13.3 Å². The van der Waals surface area contributed by atoms with Crippen molar-refractivity contribution in [3.8, 4) is 0 Å². The van der Waals surface area contributed by atoms with Crippen LogP contribution in [0.4, 0.5) is 0 Å². The Morgan fingerprint density at radius 1 is 0.588 bits per heavy atom. The summed E-state index contributed by atoms with van der Waals surface area (Å²) in [5.41, 5.74) is 0. The first kappa shape index (κ1) is 21.9. The Morgan fingerprint density at radius 3 is 1.32 bits per heavy atom. The molecule has 0 N–H and O–H groups in total. The van der Waals surface area contributed by atoms with E-state index < -0.39 is 0 Å². The predicted octanol–water partition coefficient (Wildman–Crippen LogP) is 0.263. The smallest absolute Gasteiger partial charge is 0.234 e. The molecule has 0 radical (unpaired) electrons. The molecule has 0 aromatic rings. The summed E-state index contributed by atoms with van der Waals surface area (Å²) in [6.07, 6.45) is 4.19. The number of amides is 4. The summed E-state index contributed by atoms with van der Waals surface area (Å²) in [6.45, 7) is 4.36. The van der Waals surface area contributed by atoms with Gasteiger partial charge < -0.3 is 0 Å². The molecule has 0 aromatic heterocycles. The van der Waals surface area contributed by atoms with Crippen LogP contribution in [0.3, 0.4) is 0 Å². The number of likely N-dealkylation sites (tertiary alicyclic amines) is 2. The van der Waals surface area contributed by atoms with E-state index >= 15 is 0 Å². The first-order valence-electron chi connectivity index (χ1n) is 12.6. The van der Waals surface area contributed by atoms with Crippen LogP contribution in [0.1, 0.15) is 0 Å². The molecule has 8 nitrogen and oxygen atoms in total. The summed E-state index contributed by atoms with van der Waals surface area (Å²) in [5.74, 6) is 2.36. The Hall–Kier alpha value is -1.36. The van der Waals surface area contributed by atoms with Crippen LogP contribution in [0, 0.1) is 47.3 Å². The lowest BCUT2D eigenvalue weighted by Gasteiger charge is -2.60. The van der Waals surface area contributed by atoms with Gasteiger partial charge in [0, 0.05) is 49.2 Å². The topological polar surface area (TPSA) is 81.2 Å². The molecule has 8 atom stereocenters. The Bertz CT molecular complexity index is 922. The second-order valence-electron chi connectivity index (χ2n) is 10.8. The van der Waals surface area contributed by atoms with Gasteiger partial charge in [-0.25, -0.2) is 0 Å². The maximum atomic E-state index is 13.5. The second kappa shape index (κ2) is 8.08. The molecule has 4 saturated heterocycles. The average Bonchev–Trinajstić information content (AvgIpc) is 3.21. The minimum atomic E-state index is -0.361. The normalized spacial score (nSPS) is 43.9. The largest absolute Gasteiger partial charge is 0.284 e. The van der Waals surface area contributed by atoms with Crippen molar-refractivity contribution in [1.82, 2.24) is 19.6 Å². The number of rotatable bonds is 4. The number of thioether (sulfide) groups is 2. The Kier molecular flexibility index (Phi) is 5.20. The summed E-state index contributed by atoms with van der Waals surface area (Å²) in [6, 6.07) is 0. The highest BCUT2D eigenvalue weighted by atomic mass is 32.2. The molecule has 4 aliphatic carbocycles. The number of allylic oxidation sites excluding steroid dienone is 2. The highest BCUT2D eigenvalue weighted by Crippen LogP contribution is 2.68. The SMILES string of the molecule is O=C1[C@H]2[C@@H]3C=C[C@@H](C4[C@H]3[C@@H]3C(=O)N(CN5CCSCC5)C(=O)[C@H]43)[C@H]2C(=O)N1CN1CCSCC1. The van der Waals surface area contributed by atoms with Crippen LogP contribution < -0.4 is 0 Å². The van der Waals surface area contributed by atoms with Crippen LogP contribution in [-0.4, -0.2) is 106 Å². The van der Waals surface area contributed by atoms with Crippen LogP contribution in [-0.2, 0) is 19.2 Å². The average molecular weight is 503 g/mol. The molecule has 34 heavy (non-hydrogen) atoms. The van der Waals surface area contributed by atoms with E-state index in [1.54, 1.807) is 0 Å². The number of hydrogen-bond acceptors (Lipinski definition) is 8. The molecular weight excluding hydrogens is 472 g/mol. The Morgan fingerprint density at radius 2 is 0.941 bits per heavy atom. The van der Waals surface area contributed by atoms with Gasteiger partial charge in [-0.1, -0.05) is 12.2 Å². The van der Waals surface area contributed by atoms with Gasteiger partial charge in [-0.3, -0.25) is 38.8 Å². The lowest BCUT2D eigenvalue weighted by atomic mass is 9.40. The van der Waals surface area contributed by atoms with Crippen LogP contribution in [0.5, 0.6) is 0 Å². The Balaban J connectivity index is 1.13. The monoisotopic (exact) mass is 502 g/mol. The molecule has 182 valence electrons. The highest BCUT2D eigenvalue weighted by molar-refractivity contribution is 7.99. The van der Waals surface area contributed by atoms with Crippen LogP contribution in [0.2, 0.25) is 0 Å². The minimum absolute atomic E-state index is 0.0164. The van der Waals surface area contributed by atoms with E-state index in [-0.39, 0.29) is 71.0 Å². The molecule has 1 unspecified atom stereocenters. The number of carbonyl (C=O) groups is 4. The summed E-state index contributed by atoms with van der Waals surface area (Å²) in [4.78, 5) is 61.3. The molecule has 0 spiro atoms. The number of nitrogens with zero attached hydrogens (tertiary/aromatic N) is 4. The van der Waals surface area contributed by atoms with Crippen molar-refractivity contribution in [3.05, 3.63) is 12.2 Å². The van der Waals surface area contributed by atoms with E-state index in [0.717, 1.165) is 49.2 Å². The molecule has 10 heteroatoms. The first-order chi connectivity index (χ1) is 16.6. The van der Waals surface area contributed by atoms with Gasteiger partial charge in [0.2, 0.25) is 23.6 Å². The van der Waals surface area contributed by atoms with Gasteiger partial charge in [-0.15, -0.1) is 0 Å². The fourth-order valence-corrected chi connectivity index (χ4v) is 9.85. The Labute approximate surface area is 207 Å². The highest BCUT2D eigenvalue weighted by Gasteiger charge is 2.75. The van der Waals surface area contributed by atoms with Crippen LogP contribution >= 0.6 is 23.5 Å². The zero-order valence-corrected chi connectivity index (χ0v) is 20.7. The fourth-order valence-electron chi connectivity index (χ4n) is 7.89. The maximum absolute atomic E-state index is 13.5. The summed E-state index contributed by atoms with van der Waals surface area (Å²) in [5, 5.41) is 0. The molecule has 2 bridgehead atoms. The van der Waals surface area contributed by atoms with E-state index in [9.17, 15) is 19.2 Å². The molecule has 2 saturated carbocycles. The molecule has 0 aromatic carbocycles. The van der Waals surface area contributed by atoms with Crippen molar-refractivity contribution in [3.63, 3.8) is 0 Å². The van der Waals surface area contributed by atoms with Gasteiger partial charge in [-0.2, -0.15) is 23.5 Å². The van der Waals surface area contributed by atoms with E-state index in [1.165, 1.54) is 9.80 Å². The van der Waals surface area contributed by atoms with E-state index in [2.05, 4.69) is 22.0 Å². The van der Waals surface area contributed by atoms with Crippen molar-refractivity contribution >= 4 is 47.2 Å². The predicted molar refractivity (Wildman–Crippen MR) is 128 cm³/mol. The lowest BCUT2D eigenvalue weighted by Crippen LogP contribution is -2.63. The third-order valence-corrected chi connectivity index (χ3v) is 11.3. The van der Waals surface area contributed by atoms with Crippen LogP contribution in [0.15, 0.2) is 12.2 Å². The summed E-state index contributed by atoms with van der Waals surface area (Å²) >= 11 is 3.81. The van der Waals surface area contributed by atoms with Gasteiger partial charge >= 0.3 is 0 Å². The standard InChI is InChI=1S/C24H30N4O4S2/c29-21-17-13-1-2-14(18(17)22(30)27(21)11-25-3-7-33-8-4-25)16-15(13)19-20(16)24(32)28(23(19)31)12-26-5-9-34-10-6-26/h1-2,13-20H,3-12H2/t13-,14+,15+,16?,17+,18-,19+,20-/m1/s1. The van der Waals surface area contributed by atoms with Gasteiger partial charge in [0.15, 0.2) is 0 Å². The van der Waals surface area contributed by atoms with Gasteiger partial charge in [-0.05, 0) is 23.7 Å². The zero-order valence-electron chi connectivity index (χ0n) is 19.1. The number of imide groups is 2. The molecule has 8 aliphatic rings. The quantitative estimate of drug-likeness (QED) is 0.400. The number of carbonyl (C=O) groups excluding carboxylic acids is 4. The van der Waals surface area contributed by atoms with E-state index in [1.807, 2.05) is 23.5 Å². The van der Waals surface area contributed by atoms with Gasteiger partial charge in [0.25, 0.3) is 0 Å². The minimum Gasteiger partial charge on any atom is -0.284 e. The third-order valence-electron chi connectivity index (χ3n) is 9.42. The summed E-state index contributed by atoms with van der Waals surface area (Å²) in [7, 11) is 0. The first-order valence-corrected chi connectivity index (χ1v) is 14.9. The second-order valence-corrected chi connectivity index (χ2v) is 13.2. The van der Waals surface area contributed by atoms with Gasteiger partial charge in [0.1, 0.15) is 0 Å². The van der Waals surface area contributed by atoms with E-state index in [4.69, 9.17) is 0 Å². The number of fused-ring (bicyclic) bond motifs is 1. The molecule has 4 aliphatic heterocycles.